The number of hydrogen-bond donors (Lipinski definition) is 1. The molecule has 2 aromatic heterocycles. The highest BCUT2D eigenvalue weighted by Gasteiger charge is 2.15. The van der Waals surface area contributed by atoms with Crippen molar-refractivity contribution < 1.29 is 0 Å². The Hall–Kier alpha value is -2.94. The van der Waals surface area contributed by atoms with E-state index in [1.165, 1.54) is 16.9 Å². The van der Waals surface area contributed by atoms with Crippen LogP contribution in [0.25, 0.3) is 21.3 Å². The zero-order chi connectivity index (χ0) is 18.1. The number of halogens is 1. The molecule has 4 aromatic rings. The number of fused-ring (bicyclic) bond motifs is 1. The van der Waals surface area contributed by atoms with Crippen LogP contribution in [-0.2, 0) is 0 Å². The summed E-state index contributed by atoms with van der Waals surface area (Å²) >= 11 is 7.65. The predicted octanol–water partition coefficient (Wildman–Crippen LogP) is 5.94. The third kappa shape index (κ3) is 3.13. The molecule has 4 nitrogen and oxygen atoms in total. The number of rotatable bonds is 3. The van der Waals surface area contributed by atoms with E-state index >= 15 is 0 Å². The van der Waals surface area contributed by atoms with Crippen molar-refractivity contribution >= 4 is 44.7 Å². The van der Waals surface area contributed by atoms with E-state index in [1.54, 1.807) is 12.1 Å². The monoisotopic (exact) mass is 376 g/mol. The second kappa shape index (κ2) is 6.75. The molecule has 6 heteroatoms. The van der Waals surface area contributed by atoms with Crippen molar-refractivity contribution in [2.75, 3.05) is 5.32 Å². The van der Waals surface area contributed by atoms with Gasteiger partial charge in [0, 0.05) is 16.6 Å². The number of nitriles is 1. The first kappa shape index (κ1) is 16.5. The number of hydrogen-bond acceptors (Lipinski definition) is 5. The lowest BCUT2D eigenvalue weighted by Crippen LogP contribution is -1.97. The van der Waals surface area contributed by atoms with E-state index in [0.29, 0.717) is 11.4 Å². The maximum atomic E-state index is 9.10. The molecule has 0 fully saturated rings. The summed E-state index contributed by atoms with van der Waals surface area (Å²) in [5.41, 5.74) is 4.72. The lowest BCUT2D eigenvalue weighted by molar-refractivity contribution is 1.23. The molecule has 0 spiro atoms. The fourth-order valence-electron chi connectivity index (χ4n) is 2.76. The van der Waals surface area contributed by atoms with Crippen molar-refractivity contribution in [2.24, 2.45) is 0 Å². The normalized spacial score (nSPS) is 10.7. The maximum absolute atomic E-state index is 9.10. The molecule has 0 atom stereocenters. The van der Waals surface area contributed by atoms with Crippen LogP contribution in [0, 0.1) is 18.3 Å². The molecule has 0 amide bonds. The van der Waals surface area contributed by atoms with E-state index in [2.05, 4.69) is 57.9 Å². The third-order valence-electron chi connectivity index (χ3n) is 4.02. The summed E-state index contributed by atoms with van der Waals surface area (Å²) in [5, 5.41) is 15.6. The SMILES string of the molecule is Cc1ccc(-c2csc3nc(Cl)nc(Nc4cccc(C#N)c4)c23)cc1. The molecule has 0 unspecified atom stereocenters. The number of anilines is 2. The average molecular weight is 377 g/mol. The lowest BCUT2D eigenvalue weighted by atomic mass is 10.0. The standard InChI is InChI=1S/C20H13ClN4S/c1-12-5-7-14(8-6-12)16-11-26-19-17(16)18(24-20(21)25-19)23-15-4-2-3-13(9-15)10-22/h2-9,11H,1H3,(H,23,24,25). The minimum absolute atomic E-state index is 0.189. The number of nitrogens with one attached hydrogen (secondary N) is 1. The van der Waals surface area contributed by atoms with Crippen molar-refractivity contribution in [3.63, 3.8) is 0 Å². The Morgan fingerprint density at radius 1 is 1.12 bits per heavy atom. The highest BCUT2D eigenvalue weighted by molar-refractivity contribution is 7.17. The Kier molecular flexibility index (Phi) is 4.29. The number of aryl methyl sites for hydroxylation is 1. The van der Waals surface area contributed by atoms with Gasteiger partial charge in [0.05, 0.1) is 17.0 Å². The Morgan fingerprint density at radius 3 is 2.69 bits per heavy atom. The minimum Gasteiger partial charge on any atom is -0.339 e. The summed E-state index contributed by atoms with van der Waals surface area (Å²) in [5.74, 6) is 0.631. The molecule has 126 valence electrons. The van der Waals surface area contributed by atoms with Crippen LogP contribution in [0.4, 0.5) is 11.5 Å². The first-order chi connectivity index (χ1) is 12.6. The van der Waals surface area contributed by atoms with Crippen LogP contribution < -0.4 is 5.32 Å². The van der Waals surface area contributed by atoms with Crippen molar-refractivity contribution in [1.29, 1.82) is 5.26 Å². The fraction of sp³-hybridized carbons (Fsp3) is 0.0500. The van der Waals surface area contributed by atoms with Crippen LogP contribution in [0.1, 0.15) is 11.1 Å². The van der Waals surface area contributed by atoms with Gasteiger partial charge >= 0.3 is 0 Å². The minimum atomic E-state index is 0.189. The van der Waals surface area contributed by atoms with E-state index in [9.17, 15) is 0 Å². The van der Waals surface area contributed by atoms with Crippen LogP contribution in [-0.4, -0.2) is 9.97 Å². The zero-order valence-corrected chi connectivity index (χ0v) is 15.4. The third-order valence-corrected chi connectivity index (χ3v) is 5.06. The first-order valence-corrected chi connectivity index (χ1v) is 9.19. The summed E-state index contributed by atoms with van der Waals surface area (Å²) < 4.78 is 0. The zero-order valence-electron chi connectivity index (χ0n) is 13.8. The van der Waals surface area contributed by atoms with Gasteiger partial charge in [0.2, 0.25) is 5.28 Å². The van der Waals surface area contributed by atoms with Gasteiger partial charge in [-0.25, -0.2) is 4.98 Å². The highest BCUT2D eigenvalue weighted by atomic mass is 35.5. The van der Waals surface area contributed by atoms with Gasteiger partial charge < -0.3 is 5.32 Å². The molecule has 0 radical (unpaired) electrons. The van der Waals surface area contributed by atoms with Crippen molar-refractivity contribution in [2.45, 2.75) is 6.92 Å². The summed E-state index contributed by atoms with van der Waals surface area (Å²) in [6.45, 7) is 2.06. The van der Waals surface area contributed by atoms with Gasteiger partial charge in [-0.3, -0.25) is 0 Å². The van der Waals surface area contributed by atoms with Crippen LogP contribution in [0.5, 0.6) is 0 Å². The predicted molar refractivity (Wildman–Crippen MR) is 107 cm³/mol. The average Bonchev–Trinajstić information content (AvgIpc) is 3.06. The second-order valence-corrected chi connectivity index (χ2v) is 7.05. The molecular weight excluding hydrogens is 364 g/mol. The van der Waals surface area contributed by atoms with Gasteiger partial charge in [0.15, 0.2) is 0 Å². The molecule has 2 heterocycles. The molecule has 4 rings (SSSR count). The summed E-state index contributed by atoms with van der Waals surface area (Å²) in [6, 6.07) is 17.7. The molecule has 0 aliphatic carbocycles. The highest BCUT2D eigenvalue weighted by Crippen LogP contribution is 2.38. The van der Waals surface area contributed by atoms with E-state index in [0.717, 1.165) is 27.0 Å². The summed E-state index contributed by atoms with van der Waals surface area (Å²) in [7, 11) is 0. The van der Waals surface area contributed by atoms with Gasteiger partial charge in [0.1, 0.15) is 10.6 Å². The molecule has 26 heavy (non-hydrogen) atoms. The molecule has 1 N–H and O–H groups in total. The van der Waals surface area contributed by atoms with E-state index in [-0.39, 0.29) is 5.28 Å². The number of nitrogens with zero attached hydrogens (tertiary/aromatic N) is 3. The van der Waals surface area contributed by atoms with Gasteiger partial charge in [-0.1, -0.05) is 35.9 Å². The Labute approximate surface area is 159 Å². The van der Waals surface area contributed by atoms with Gasteiger partial charge in [-0.15, -0.1) is 11.3 Å². The van der Waals surface area contributed by atoms with Crippen LogP contribution in [0.15, 0.2) is 53.9 Å². The Balaban J connectivity index is 1.86. The lowest BCUT2D eigenvalue weighted by Gasteiger charge is -2.09. The van der Waals surface area contributed by atoms with Crippen LogP contribution >= 0.6 is 22.9 Å². The first-order valence-electron chi connectivity index (χ1n) is 7.93. The number of aromatic nitrogens is 2. The Morgan fingerprint density at radius 2 is 1.92 bits per heavy atom. The van der Waals surface area contributed by atoms with Gasteiger partial charge in [-0.05, 0) is 42.3 Å². The van der Waals surface area contributed by atoms with Crippen LogP contribution in [0.3, 0.4) is 0 Å². The second-order valence-electron chi connectivity index (χ2n) is 5.85. The molecule has 0 aliphatic rings. The maximum Gasteiger partial charge on any atom is 0.225 e. The fourth-order valence-corrected chi connectivity index (χ4v) is 3.92. The largest absolute Gasteiger partial charge is 0.339 e. The van der Waals surface area contributed by atoms with Crippen molar-refractivity contribution in [3.8, 4) is 17.2 Å². The summed E-state index contributed by atoms with van der Waals surface area (Å²) in [6.07, 6.45) is 0. The summed E-state index contributed by atoms with van der Waals surface area (Å²) in [4.78, 5) is 9.57. The number of thiophene rings is 1. The van der Waals surface area contributed by atoms with Crippen molar-refractivity contribution in [1.82, 2.24) is 9.97 Å². The molecule has 0 saturated carbocycles. The molecule has 0 aliphatic heterocycles. The molecular formula is C20H13ClN4S. The topological polar surface area (TPSA) is 61.6 Å². The van der Waals surface area contributed by atoms with E-state index in [1.807, 2.05) is 12.1 Å². The van der Waals surface area contributed by atoms with Crippen LogP contribution in [0.2, 0.25) is 5.28 Å². The quantitative estimate of drug-likeness (QED) is 0.450. The molecule has 2 aromatic carbocycles. The van der Waals surface area contributed by atoms with Gasteiger partial charge in [0.25, 0.3) is 0 Å². The van der Waals surface area contributed by atoms with E-state index in [4.69, 9.17) is 16.9 Å². The number of benzene rings is 2. The van der Waals surface area contributed by atoms with Crippen molar-refractivity contribution in [3.05, 3.63) is 70.3 Å². The molecule has 0 bridgehead atoms. The smallest absolute Gasteiger partial charge is 0.225 e. The Bertz CT molecular complexity index is 1140. The van der Waals surface area contributed by atoms with E-state index < -0.39 is 0 Å². The molecule has 0 saturated heterocycles. The van der Waals surface area contributed by atoms with Gasteiger partial charge in [-0.2, -0.15) is 10.2 Å².